The molecule has 1 unspecified atom stereocenters. The highest BCUT2D eigenvalue weighted by molar-refractivity contribution is 7.99. The van der Waals surface area contributed by atoms with E-state index in [0.29, 0.717) is 17.9 Å². The van der Waals surface area contributed by atoms with Crippen molar-refractivity contribution >= 4 is 23.4 Å². The Bertz CT molecular complexity index is 933. The van der Waals surface area contributed by atoms with Gasteiger partial charge in [-0.3, -0.25) is 15.1 Å². The summed E-state index contributed by atoms with van der Waals surface area (Å²) in [5, 5.41) is 5.90. The van der Waals surface area contributed by atoms with Crippen molar-refractivity contribution in [2.75, 3.05) is 24.3 Å². The molecule has 7 nitrogen and oxygen atoms in total. The van der Waals surface area contributed by atoms with Crippen LogP contribution < -0.4 is 16.4 Å². The van der Waals surface area contributed by atoms with E-state index < -0.39 is 29.4 Å². The lowest BCUT2D eigenvalue weighted by molar-refractivity contribution is -0.0218. The second-order valence-corrected chi connectivity index (χ2v) is 8.36. The summed E-state index contributed by atoms with van der Waals surface area (Å²) in [6, 6.07) is 4.24. The number of fused-ring (bicyclic) bond motifs is 1. The standard InChI is InChI=1S/C19H20F3N5O2S/c20-13-2-1-11(26-17(28)15-7-24-14(6-25-15)16(21)22)5-12(13)19-9-29-4-3-10(19)8-30-18(23)27-19/h1-2,5-7,10,16,18,27H,3-4,8-9,23H2,(H,26,28)/t10-,18?,19-/m0/s1. The van der Waals surface area contributed by atoms with Gasteiger partial charge in [0.15, 0.2) is 0 Å². The molecular formula is C19H20F3N5O2S. The average Bonchev–Trinajstić information content (AvgIpc) is 2.74. The number of rotatable bonds is 4. The van der Waals surface area contributed by atoms with Crippen LogP contribution in [0.1, 0.15) is 34.6 Å². The molecule has 2 saturated heterocycles. The van der Waals surface area contributed by atoms with Crippen LogP contribution in [0.4, 0.5) is 18.9 Å². The van der Waals surface area contributed by atoms with Gasteiger partial charge in [-0.2, -0.15) is 0 Å². The van der Waals surface area contributed by atoms with E-state index in [9.17, 15) is 18.0 Å². The fourth-order valence-corrected chi connectivity index (χ4v) is 4.99. The minimum absolute atomic E-state index is 0.115. The Morgan fingerprint density at radius 3 is 2.93 bits per heavy atom. The number of nitrogens with one attached hydrogen (secondary N) is 2. The Morgan fingerprint density at radius 1 is 1.37 bits per heavy atom. The molecule has 0 bridgehead atoms. The van der Waals surface area contributed by atoms with Gasteiger partial charge in [0, 0.05) is 23.6 Å². The molecule has 0 aliphatic carbocycles. The molecule has 0 spiro atoms. The predicted octanol–water partition coefficient (Wildman–Crippen LogP) is 2.62. The zero-order valence-electron chi connectivity index (χ0n) is 15.8. The molecule has 1 aromatic heterocycles. The zero-order valence-corrected chi connectivity index (χ0v) is 16.6. The molecule has 0 saturated carbocycles. The van der Waals surface area contributed by atoms with E-state index in [1.165, 1.54) is 12.1 Å². The number of hydrogen-bond acceptors (Lipinski definition) is 7. The summed E-state index contributed by atoms with van der Waals surface area (Å²) in [6.45, 7) is 0.857. The van der Waals surface area contributed by atoms with Crippen molar-refractivity contribution in [3.05, 3.63) is 53.4 Å². The van der Waals surface area contributed by atoms with Crippen molar-refractivity contribution < 1.29 is 22.7 Å². The maximum Gasteiger partial charge on any atom is 0.281 e. The number of benzene rings is 1. The Labute approximate surface area is 175 Å². The highest BCUT2D eigenvalue weighted by atomic mass is 32.2. The van der Waals surface area contributed by atoms with E-state index in [4.69, 9.17) is 10.5 Å². The van der Waals surface area contributed by atoms with Gasteiger partial charge < -0.3 is 15.8 Å². The van der Waals surface area contributed by atoms with Crippen LogP contribution in [0.25, 0.3) is 0 Å². The van der Waals surface area contributed by atoms with Crippen molar-refractivity contribution in [3.8, 4) is 0 Å². The van der Waals surface area contributed by atoms with Gasteiger partial charge in [-0.25, -0.2) is 18.2 Å². The minimum Gasteiger partial charge on any atom is -0.379 e. The quantitative estimate of drug-likeness (QED) is 0.673. The average molecular weight is 439 g/mol. The van der Waals surface area contributed by atoms with Gasteiger partial charge in [0.25, 0.3) is 12.3 Å². The summed E-state index contributed by atoms with van der Waals surface area (Å²) < 4.78 is 45.7. The lowest BCUT2D eigenvalue weighted by atomic mass is 9.76. The van der Waals surface area contributed by atoms with E-state index in [-0.39, 0.29) is 23.7 Å². The molecule has 1 aromatic carbocycles. The van der Waals surface area contributed by atoms with Crippen LogP contribution in [0, 0.1) is 11.7 Å². The molecule has 3 heterocycles. The van der Waals surface area contributed by atoms with E-state index in [0.717, 1.165) is 24.6 Å². The number of ether oxygens (including phenoxy) is 1. The van der Waals surface area contributed by atoms with Crippen molar-refractivity contribution in [2.45, 2.75) is 23.9 Å². The first-order valence-corrected chi connectivity index (χ1v) is 10.4. The molecule has 0 radical (unpaired) electrons. The second kappa shape index (κ2) is 8.50. The molecule has 30 heavy (non-hydrogen) atoms. The number of nitrogens with zero attached hydrogens (tertiary/aromatic N) is 2. The first-order chi connectivity index (χ1) is 14.4. The summed E-state index contributed by atoms with van der Waals surface area (Å²) in [4.78, 5) is 19.7. The van der Waals surface area contributed by atoms with Crippen LogP contribution in [-0.2, 0) is 10.3 Å². The van der Waals surface area contributed by atoms with Crippen LogP contribution in [0.15, 0.2) is 30.6 Å². The molecule has 2 fully saturated rings. The Morgan fingerprint density at radius 2 is 2.20 bits per heavy atom. The van der Waals surface area contributed by atoms with Crippen LogP contribution in [-0.4, -0.2) is 40.3 Å². The molecule has 1 amide bonds. The third-order valence-corrected chi connectivity index (χ3v) is 6.42. The van der Waals surface area contributed by atoms with Gasteiger partial charge >= 0.3 is 0 Å². The lowest BCUT2D eigenvalue weighted by Crippen LogP contribution is -2.63. The number of halogens is 3. The molecule has 2 aromatic rings. The molecule has 160 valence electrons. The minimum atomic E-state index is -2.77. The highest BCUT2D eigenvalue weighted by Gasteiger charge is 2.48. The second-order valence-electron chi connectivity index (χ2n) is 7.18. The summed E-state index contributed by atoms with van der Waals surface area (Å²) >= 11 is 1.57. The Kier molecular flexibility index (Phi) is 5.96. The van der Waals surface area contributed by atoms with Gasteiger partial charge in [-0.05, 0) is 30.5 Å². The zero-order chi connectivity index (χ0) is 21.3. The van der Waals surface area contributed by atoms with Crippen LogP contribution in [0.2, 0.25) is 0 Å². The topological polar surface area (TPSA) is 102 Å². The van der Waals surface area contributed by atoms with Crippen LogP contribution in [0.5, 0.6) is 0 Å². The fraction of sp³-hybridized carbons (Fsp3) is 0.421. The molecule has 2 aliphatic rings. The number of hydrogen-bond donors (Lipinski definition) is 3. The normalized spacial score (nSPS) is 26.3. The molecular weight excluding hydrogens is 419 g/mol. The first-order valence-electron chi connectivity index (χ1n) is 9.33. The smallest absolute Gasteiger partial charge is 0.281 e. The number of amides is 1. The number of nitrogens with two attached hydrogens (primary N) is 1. The number of thioether (sulfide) groups is 1. The van der Waals surface area contributed by atoms with Crippen molar-refractivity contribution in [1.82, 2.24) is 15.3 Å². The van der Waals surface area contributed by atoms with Crippen LogP contribution >= 0.6 is 11.8 Å². The van der Waals surface area contributed by atoms with Gasteiger partial charge in [0.2, 0.25) is 0 Å². The lowest BCUT2D eigenvalue weighted by Gasteiger charge is -2.49. The van der Waals surface area contributed by atoms with Crippen LogP contribution in [0.3, 0.4) is 0 Å². The number of anilines is 1. The van der Waals surface area contributed by atoms with Crippen molar-refractivity contribution in [3.63, 3.8) is 0 Å². The van der Waals surface area contributed by atoms with Gasteiger partial charge in [0.05, 0.1) is 24.5 Å². The molecule has 11 heteroatoms. The number of carbonyl (C=O) groups is 1. The molecule has 4 N–H and O–H groups in total. The fourth-order valence-electron chi connectivity index (χ4n) is 3.81. The maximum absolute atomic E-state index is 14.9. The number of aromatic nitrogens is 2. The monoisotopic (exact) mass is 439 g/mol. The Balaban J connectivity index is 1.60. The molecule has 3 atom stereocenters. The first kappa shape index (κ1) is 21.0. The van der Waals surface area contributed by atoms with E-state index >= 15 is 0 Å². The van der Waals surface area contributed by atoms with E-state index in [1.807, 2.05) is 0 Å². The number of alkyl halides is 2. The SMILES string of the molecule is NC1N[C@@]2(c3cc(NC(=O)c4cnc(C(F)F)cn4)ccc3F)COCC[C@H]2CS1. The molecule has 2 aliphatic heterocycles. The molecule has 4 rings (SSSR count). The number of carbonyl (C=O) groups excluding carboxylic acids is 1. The van der Waals surface area contributed by atoms with E-state index in [2.05, 4.69) is 20.6 Å². The third-order valence-electron chi connectivity index (χ3n) is 5.35. The van der Waals surface area contributed by atoms with Crippen molar-refractivity contribution in [1.29, 1.82) is 0 Å². The van der Waals surface area contributed by atoms with Gasteiger partial charge in [0.1, 0.15) is 22.7 Å². The maximum atomic E-state index is 14.9. The Hall–Kier alpha value is -2.21. The summed E-state index contributed by atoms with van der Waals surface area (Å²) in [7, 11) is 0. The summed E-state index contributed by atoms with van der Waals surface area (Å²) in [5.74, 6) is -0.196. The van der Waals surface area contributed by atoms with Gasteiger partial charge in [-0.15, -0.1) is 11.8 Å². The largest absolute Gasteiger partial charge is 0.379 e. The van der Waals surface area contributed by atoms with Crippen molar-refractivity contribution in [2.24, 2.45) is 11.7 Å². The van der Waals surface area contributed by atoms with E-state index in [1.54, 1.807) is 17.8 Å². The van der Waals surface area contributed by atoms with Gasteiger partial charge in [-0.1, -0.05) is 0 Å². The highest BCUT2D eigenvalue weighted by Crippen LogP contribution is 2.43. The predicted molar refractivity (Wildman–Crippen MR) is 106 cm³/mol. The summed E-state index contributed by atoms with van der Waals surface area (Å²) in [6.07, 6.45) is -0.186. The third kappa shape index (κ3) is 4.02. The summed E-state index contributed by atoms with van der Waals surface area (Å²) in [5.41, 5.74) is 4.96.